The van der Waals surface area contributed by atoms with E-state index < -0.39 is 0 Å². The molecule has 0 saturated carbocycles. The number of furan rings is 1. The van der Waals surface area contributed by atoms with Crippen LogP contribution < -0.4 is 5.32 Å². The Hall–Kier alpha value is -1.13. The third-order valence-electron chi connectivity index (χ3n) is 3.75. The molecule has 0 aliphatic heterocycles. The van der Waals surface area contributed by atoms with Gasteiger partial charge in [0.05, 0.1) is 12.0 Å². The summed E-state index contributed by atoms with van der Waals surface area (Å²) < 4.78 is 5.48. The van der Waals surface area contributed by atoms with E-state index in [1.807, 2.05) is 12.1 Å². The molecule has 1 N–H and O–H groups in total. The fourth-order valence-corrected chi connectivity index (χ4v) is 3.92. The first-order chi connectivity index (χ1) is 9.74. The van der Waals surface area contributed by atoms with Crippen molar-refractivity contribution in [1.82, 2.24) is 10.3 Å². The van der Waals surface area contributed by atoms with Gasteiger partial charge in [0, 0.05) is 17.3 Å². The first kappa shape index (κ1) is 13.8. The first-order valence-corrected chi connectivity index (χ1v) is 8.30. The van der Waals surface area contributed by atoms with Crippen LogP contribution in [0.5, 0.6) is 0 Å². The molecule has 4 heteroatoms. The molecular formula is C16H22N2OS. The molecule has 0 bridgehead atoms. The Morgan fingerprint density at radius 1 is 1.50 bits per heavy atom. The normalized spacial score (nSPS) is 18.4. The monoisotopic (exact) mass is 290 g/mol. The standard InChI is InChI=1S/C16H22N2OS/c1-11(2)9-17-10-12-5-3-7-14-15(12)18-16(20-14)13-6-4-8-19-13/h4,6,8,11-12,17H,3,5,7,9-10H2,1-2H3. The predicted octanol–water partition coefficient (Wildman–Crippen LogP) is 4.07. The van der Waals surface area contributed by atoms with Gasteiger partial charge in [0.1, 0.15) is 0 Å². The van der Waals surface area contributed by atoms with Gasteiger partial charge in [-0.15, -0.1) is 11.3 Å². The fraction of sp³-hybridized carbons (Fsp3) is 0.562. The number of aryl methyl sites for hydroxylation is 1. The average molecular weight is 290 g/mol. The number of nitrogens with one attached hydrogen (secondary N) is 1. The maximum Gasteiger partial charge on any atom is 0.162 e. The molecule has 1 unspecified atom stereocenters. The Morgan fingerprint density at radius 2 is 2.40 bits per heavy atom. The topological polar surface area (TPSA) is 38.1 Å². The number of rotatable bonds is 5. The van der Waals surface area contributed by atoms with Crippen molar-refractivity contribution >= 4 is 11.3 Å². The molecule has 0 amide bonds. The Kier molecular flexibility index (Phi) is 4.22. The van der Waals surface area contributed by atoms with Crippen molar-refractivity contribution in [2.24, 2.45) is 5.92 Å². The van der Waals surface area contributed by atoms with E-state index in [9.17, 15) is 0 Å². The number of hydrogen-bond donors (Lipinski definition) is 1. The minimum absolute atomic E-state index is 0.567. The molecule has 20 heavy (non-hydrogen) atoms. The summed E-state index contributed by atoms with van der Waals surface area (Å²) >= 11 is 1.80. The second kappa shape index (κ2) is 6.10. The maximum absolute atomic E-state index is 5.48. The lowest BCUT2D eigenvalue weighted by Crippen LogP contribution is -2.27. The van der Waals surface area contributed by atoms with E-state index in [-0.39, 0.29) is 0 Å². The average Bonchev–Trinajstić information content (AvgIpc) is 3.07. The van der Waals surface area contributed by atoms with Crippen molar-refractivity contribution < 1.29 is 4.42 Å². The SMILES string of the molecule is CC(C)CNCC1CCCc2sc(-c3ccco3)nc21. The summed E-state index contributed by atoms with van der Waals surface area (Å²) in [5, 5.41) is 4.62. The van der Waals surface area contributed by atoms with Crippen LogP contribution in [0.1, 0.15) is 43.2 Å². The van der Waals surface area contributed by atoms with Crippen molar-refractivity contribution in [2.45, 2.75) is 39.0 Å². The summed E-state index contributed by atoms with van der Waals surface area (Å²) in [6.07, 6.45) is 5.42. The summed E-state index contributed by atoms with van der Waals surface area (Å²) in [5.74, 6) is 2.17. The number of fused-ring (bicyclic) bond motifs is 1. The first-order valence-electron chi connectivity index (χ1n) is 7.48. The smallest absolute Gasteiger partial charge is 0.162 e. The molecular weight excluding hydrogens is 268 g/mol. The second-order valence-corrected chi connectivity index (χ2v) is 7.03. The molecule has 0 aromatic carbocycles. The van der Waals surface area contributed by atoms with Gasteiger partial charge in [0.2, 0.25) is 0 Å². The number of thiazole rings is 1. The van der Waals surface area contributed by atoms with Crippen LogP contribution in [0.2, 0.25) is 0 Å². The van der Waals surface area contributed by atoms with Gasteiger partial charge in [-0.25, -0.2) is 4.98 Å². The Bertz CT molecular complexity index is 545. The number of aromatic nitrogens is 1. The van der Waals surface area contributed by atoms with E-state index in [0.29, 0.717) is 11.8 Å². The largest absolute Gasteiger partial charge is 0.462 e. The lowest BCUT2D eigenvalue weighted by Gasteiger charge is -2.21. The van der Waals surface area contributed by atoms with E-state index in [2.05, 4.69) is 19.2 Å². The van der Waals surface area contributed by atoms with E-state index in [0.717, 1.165) is 23.9 Å². The summed E-state index contributed by atoms with van der Waals surface area (Å²) in [6, 6.07) is 3.92. The van der Waals surface area contributed by atoms with Crippen molar-refractivity contribution in [1.29, 1.82) is 0 Å². The van der Waals surface area contributed by atoms with Crippen LogP contribution >= 0.6 is 11.3 Å². The maximum atomic E-state index is 5.48. The quantitative estimate of drug-likeness (QED) is 0.902. The van der Waals surface area contributed by atoms with Crippen LogP contribution in [-0.4, -0.2) is 18.1 Å². The Labute approximate surface area is 124 Å². The zero-order valence-corrected chi connectivity index (χ0v) is 13.0. The summed E-state index contributed by atoms with van der Waals surface area (Å²) in [4.78, 5) is 6.31. The summed E-state index contributed by atoms with van der Waals surface area (Å²) in [6.45, 7) is 6.63. The molecule has 0 saturated heterocycles. The van der Waals surface area contributed by atoms with Gasteiger partial charge in [-0.3, -0.25) is 0 Å². The van der Waals surface area contributed by atoms with Gasteiger partial charge in [-0.1, -0.05) is 13.8 Å². The zero-order valence-electron chi connectivity index (χ0n) is 12.2. The molecule has 0 spiro atoms. The van der Waals surface area contributed by atoms with Gasteiger partial charge < -0.3 is 9.73 Å². The van der Waals surface area contributed by atoms with Gasteiger partial charge in [0.25, 0.3) is 0 Å². The number of hydrogen-bond acceptors (Lipinski definition) is 4. The molecule has 2 aromatic rings. The zero-order chi connectivity index (χ0) is 13.9. The van der Waals surface area contributed by atoms with Gasteiger partial charge in [-0.05, 0) is 43.9 Å². The van der Waals surface area contributed by atoms with Crippen LogP contribution in [0, 0.1) is 5.92 Å². The van der Waals surface area contributed by atoms with Gasteiger partial charge >= 0.3 is 0 Å². The lowest BCUT2D eigenvalue weighted by molar-refractivity contribution is 0.473. The van der Waals surface area contributed by atoms with Crippen molar-refractivity contribution in [3.63, 3.8) is 0 Å². The molecule has 2 heterocycles. The Balaban J connectivity index is 1.75. The highest BCUT2D eigenvalue weighted by molar-refractivity contribution is 7.15. The van der Waals surface area contributed by atoms with E-state index in [1.54, 1.807) is 17.6 Å². The fourth-order valence-electron chi connectivity index (χ4n) is 2.76. The van der Waals surface area contributed by atoms with Crippen molar-refractivity contribution in [2.75, 3.05) is 13.1 Å². The highest BCUT2D eigenvalue weighted by atomic mass is 32.1. The van der Waals surface area contributed by atoms with Crippen LogP contribution in [-0.2, 0) is 6.42 Å². The van der Waals surface area contributed by atoms with Crippen LogP contribution in [0.4, 0.5) is 0 Å². The van der Waals surface area contributed by atoms with Crippen molar-refractivity contribution in [3.8, 4) is 10.8 Å². The van der Waals surface area contributed by atoms with Crippen LogP contribution in [0.15, 0.2) is 22.8 Å². The second-order valence-electron chi connectivity index (χ2n) is 5.95. The van der Waals surface area contributed by atoms with Gasteiger partial charge in [-0.2, -0.15) is 0 Å². The minimum Gasteiger partial charge on any atom is -0.462 e. The lowest BCUT2D eigenvalue weighted by atomic mass is 9.91. The third-order valence-corrected chi connectivity index (χ3v) is 4.89. The number of nitrogens with zero attached hydrogens (tertiary/aromatic N) is 1. The molecule has 1 atom stereocenters. The third kappa shape index (κ3) is 2.96. The van der Waals surface area contributed by atoms with Crippen LogP contribution in [0.3, 0.4) is 0 Å². The highest BCUT2D eigenvalue weighted by Crippen LogP contribution is 2.38. The van der Waals surface area contributed by atoms with E-state index in [1.165, 1.54) is 29.8 Å². The predicted molar refractivity (Wildman–Crippen MR) is 83.2 cm³/mol. The molecule has 1 aliphatic carbocycles. The molecule has 3 rings (SSSR count). The molecule has 108 valence electrons. The molecule has 3 nitrogen and oxygen atoms in total. The van der Waals surface area contributed by atoms with Crippen LogP contribution in [0.25, 0.3) is 10.8 Å². The molecule has 0 fully saturated rings. The summed E-state index contributed by atoms with van der Waals surface area (Å²) in [5.41, 5.74) is 1.31. The highest BCUT2D eigenvalue weighted by Gasteiger charge is 2.25. The molecule has 2 aromatic heterocycles. The minimum atomic E-state index is 0.567. The van der Waals surface area contributed by atoms with E-state index in [4.69, 9.17) is 9.40 Å². The molecule has 0 radical (unpaired) electrons. The Morgan fingerprint density at radius 3 is 3.15 bits per heavy atom. The molecule has 1 aliphatic rings. The van der Waals surface area contributed by atoms with Crippen molar-refractivity contribution in [3.05, 3.63) is 29.0 Å². The summed E-state index contributed by atoms with van der Waals surface area (Å²) in [7, 11) is 0. The van der Waals surface area contributed by atoms with Gasteiger partial charge in [0.15, 0.2) is 10.8 Å². The van der Waals surface area contributed by atoms with E-state index >= 15 is 0 Å².